The minimum Gasteiger partial charge on any atom is -0.330 e. The second kappa shape index (κ2) is 10.8. The van der Waals surface area contributed by atoms with Crippen LogP contribution in [0.1, 0.15) is 50.9 Å². The van der Waals surface area contributed by atoms with E-state index in [-0.39, 0.29) is 0 Å². The molecule has 2 heterocycles. The Kier molecular flexibility index (Phi) is 8.14. The predicted molar refractivity (Wildman–Crippen MR) is 124 cm³/mol. The summed E-state index contributed by atoms with van der Waals surface area (Å²) < 4.78 is 2.19. The summed E-state index contributed by atoms with van der Waals surface area (Å²) in [6, 6.07) is 16.8. The van der Waals surface area contributed by atoms with Crippen LogP contribution in [0.25, 0.3) is 11.0 Å². The van der Waals surface area contributed by atoms with Crippen molar-refractivity contribution in [3.05, 3.63) is 64.9 Å². The summed E-state index contributed by atoms with van der Waals surface area (Å²) in [6.45, 7) is 7.29. The summed E-state index contributed by atoms with van der Waals surface area (Å²) in [5, 5.41) is 0.772. The van der Waals surface area contributed by atoms with Crippen LogP contribution in [-0.2, 0) is 20.0 Å². The number of aryl methyl sites for hydroxylation is 2. The number of hydrogen-bond donors (Lipinski definition) is 0. The minimum absolute atomic E-state index is 0.772. The van der Waals surface area contributed by atoms with Gasteiger partial charge < -0.3 is 4.57 Å². The van der Waals surface area contributed by atoms with E-state index in [0.717, 1.165) is 34.3 Å². The Hall–Kier alpha value is -1.84. The fourth-order valence-electron chi connectivity index (χ4n) is 4.23. The monoisotopic (exact) mass is 411 g/mol. The third-order valence-electron chi connectivity index (χ3n) is 5.93. The van der Waals surface area contributed by atoms with Crippen molar-refractivity contribution in [2.24, 2.45) is 13.0 Å². The molecule has 1 fully saturated rings. The number of imidazole rings is 1. The molecule has 0 spiro atoms. The molecule has 0 unspecified atom stereocenters. The van der Waals surface area contributed by atoms with E-state index in [0.29, 0.717) is 0 Å². The van der Waals surface area contributed by atoms with Crippen molar-refractivity contribution in [3.8, 4) is 0 Å². The minimum atomic E-state index is 0.772. The molecule has 3 aromatic rings. The lowest BCUT2D eigenvalue weighted by atomic mass is 9.91. The van der Waals surface area contributed by atoms with Crippen molar-refractivity contribution in [1.82, 2.24) is 14.5 Å². The second-order valence-electron chi connectivity index (χ2n) is 7.82. The molecular formula is C25H34ClN3. The van der Waals surface area contributed by atoms with E-state index in [4.69, 9.17) is 16.6 Å². The molecule has 4 heteroatoms. The first-order valence-corrected chi connectivity index (χ1v) is 11.4. The molecule has 0 radical (unpaired) electrons. The van der Waals surface area contributed by atoms with E-state index in [2.05, 4.69) is 46.8 Å². The van der Waals surface area contributed by atoms with Gasteiger partial charge in [0.15, 0.2) is 0 Å². The van der Waals surface area contributed by atoms with Gasteiger partial charge in [-0.3, -0.25) is 4.90 Å². The first kappa shape index (κ1) is 21.9. The fourth-order valence-corrected chi connectivity index (χ4v) is 4.39. The lowest BCUT2D eigenvalue weighted by Gasteiger charge is -2.31. The third-order valence-corrected chi connectivity index (χ3v) is 6.16. The number of hydrogen-bond acceptors (Lipinski definition) is 2. The molecule has 0 amide bonds. The lowest BCUT2D eigenvalue weighted by molar-refractivity contribution is 0.166. The van der Waals surface area contributed by atoms with E-state index >= 15 is 0 Å². The average Bonchev–Trinajstić information content (AvgIpc) is 3.06. The summed E-state index contributed by atoms with van der Waals surface area (Å²) in [5.74, 6) is 2.01. The van der Waals surface area contributed by atoms with Gasteiger partial charge in [-0.2, -0.15) is 0 Å². The van der Waals surface area contributed by atoms with Gasteiger partial charge in [0.2, 0.25) is 0 Å². The van der Waals surface area contributed by atoms with Gasteiger partial charge in [-0.15, -0.1) is 0 Å². The molecule has 3 nitrogen and oxygen atoms in total. The molecule has 1 aliphatic heterocycles. The summed E-state index contributed by atoms with van der Waals surface area (Å²) >= 11 is 6.14. The van der Waals surface area contributed by atoms with Gasteiger partial charge in [0.05, 0.1) is 17.6 Å². The highest BCUT2D eigenvalue weighted by Gasteiger charge is 2.20. The summed E-state index contributed by atoms with van der Waals surface area (Å²) in [4.78, 5) is 7.36. The first-order valence-electron chi connectivity index (χ1n) is 11.1. The van der Waals surface area contributed by atoms with Crippen molar-refractivity contribution in [3.63, 3.8) is 0 Å². The van der Waals surface area contributed by atoms with E-state index in [9.17, 15) is 0 Å². The average molecular weight is 412 g/mol. The molecule has 156 valence electrons. The highest BCUT2D eigenvalue weighted by atomic mass is 35.5. The number of aromatic nitrogens is 2. The summed E-state index contributed by atoms with van der Waals surface area (Å²) in [7, 11) is 2.09. The number of likely N-dealkylation sites (tertiary alicyclic amines) is 1. The van der Waals surface area contributed by atoms with Crippen LogP contribution >= 0.6 is 11.6 Å². The molecule has 0 bridgehead atoms. The zero-order valence-corrected chi connectivity index (χ0v) is 18.8. The van der Waals surface area contributed by atoms with Crippen LogP contribution in [0.4, 0.5) is 0 Å². The number of rotatable bonds is 6. The van der Waals surface area contributed by atoms with Gasteiger partial charge in [-0.1, -0.05) is 62.2 Å². The largest absolute Gasteiger partial charge is 0.330 e. The Bertz CT molecular complexity index is 880. The normalized spacial score (nSPS) is 15.3. The van der Waals surface area contributed by atoms with Gasteiger partial charge >= 0.3 is 0 Å². The van der Waals surface area contributed by atoms with Gasteiger partial charge in [-0.25, -0.2) is 4.98 Å². The predicted octanol–water partition coefficient (Wildman–Crippen LogP) is 6.49. The molecule has 0 aliphatic carbocycles. The summed E-state index contributed by atoms with van der Waals surface area (Å²) in [5.41, 5.74) is 3.62. The van der Waals surface area contributed by atoms with Crippen LogP contribution in [0.15, 0.2) is 48.5 Å². The lowest BCUT2D eigenvalue weighted by Crippen LogP contribution is -2.34. The maximum Gasteiger partial charge on any atom is 0.123 e. The quantitative estimate of drug-likeness (QED) is 0.462. The Morgan fingerprint density at radius 1 is 1.03 bits per heavy atom. The molecule has 1 aliphatic rings. The number of fused-ring (bicyclic) bond motifs is 1. The maximum atomic E-state index is 6.14. The molecule has 2 aromatic carbocycles. The van der Waals surface area contributed by atoms with Crippen molar-refractivity contribution in [2.75, 3.05) is 13.1 Å². The summed E-state index contributed by atoms with van der Waals surface area (Å²) in [6.07, 6.45) is 6.49. The number of nitrogens with zero attached hydrogens (tertiary/aromatic N) is 3. The Balaban J connectivity index is 0.00000117. The Labute approximate surface area is 180 Å². The molecule has 0 N–H and O–H groups in total. The topological polar surface area (TPSA) is 21.1 Å². The van der Waals surface area contributed by atoms with E-state index in [1.807, 2.05) is 32.0 Å². The number of benzene rings is 2. The van der Waals surface area contributed by atoms with Crippen molar-refractivity contribution < 1.29 is 0 Å². The van der Waals surface area contributed by atoms with Crippen molar-refractivity contribution in [1.29, 1.82) is 0 Å². The highest BCUT2D eigenvalue weighted by Crippen LogP contribution is 2.25. The fraction of sp³-hybridized carbons (Fsp3) is 0.480. The maximum absolute atomic E-state index is 6.14. The van der Waals surface area contributed by atoms with Gasteiger partial charge in [0.25, 0.3) is 0 Å². The number of halogens is 1. The van der Waals surface area contributed by atoms with Crippen LogP contribution in [-0.4, -0.2) is 27.5 Å². The van der Waals surface area contributed by atoms with Gasteiger partial charge in [-0.05, 0) is 68.5 Å². The second-order valence-corrected chi connectivity index (χ2v) is 8.25. The Morgan fingerprint density at radius 3 is 2.48 bits per heavy atom. The van der Waals surface area contributed by atoms with Crippen molar-refractivity contribution in [2.45, 2.75) is 52.5 Å². The standard InChI is InChI=1S/C23H28ClN3.C2H6/c1-26-22-16-20(24)10-11-21(22)25-23(26)17-27-14-12-19(13-15-27)9-5-8-18-6-3-2-4-7-18;1-2/h2-4,6-7,10-11,16,19H,5,8-9,12-15,17H2,1H3;1-2H3. The van der Waals surface area contributed by atoms with Crippen LogP contribution < -0.4 is 0 Å². The molecule has 0 saturated carbocycles. The molecule has 1 aromatic heterocycles. The van der Waals surface area contributed by atoms with E-state index in [1.54, 1.807) is 0 Å². The molecule has 4 rings (SSSR count). The zero-order chi connectivity index (χ0) is 20.6. The van der Waals surface area contributed by atoms with Crippen LogP contribution in [0.5, 0.6) is 0 Å². The zero-order valence-electron chi connectivity index (χ0n) is 18.1. The van der Waals surface area contributed by atoms with Gasteiger partial charge in [0.1, 0.15) is 5.82 Å². The SMILES string of the molecule is CC.Cn1c(CN2CCC(CCCc3ccccc3)CC2)nc2ccc(Cl)cc21. The highest BCUT2D eigenvalue weighted by molar-refractivity contribution is 6.31. The number of piperidine rings is 1. The molecule has 1 saturated heterocycles. The first-order chi connectivity index (χ1) is 14.2. The van der Waals surface area contributed by atoms with E-state index < -0.39 is 0 Å². The van der Waals surface area contributed by atoms with Gasteiger partial charge in [0, 0.05) is 12.1 Å². The molecule has 0 atom stereocenters. The van der Waals surface area contributed by atoms with Crippen LogP contribution in [0, 0.1) is 5.92 Å². The van der Waals surface area contributed by atoms with Crippen molar-refractivity contribution >= 4 is 22.6 Å². The third kappa shape index (κ3) is 5.83. The van der Waals surface area contributed by atoms with E-state index in [1.165, 1.54) is 50.8 Å². The smallest absolute Gasteiger partial charge is 0.123 e. The molecule has 29 heavy (non-hydrogen) atoms. The van der Waals surface area contributed by atoms with Crippen LogP contribution in [0.3, 0.4) is 0 Å². The van der Waals surface area contributed by atoms with Crippen LogP contribution in [0.2, 0.25) is 5.02 Å². The Morgan fingerprint density at radius 2 is 1.76 bits per heavy atom. The molecular weight excluding hydrogens is 378 g/mol.